The van der Waals surface area contributed by atoms with Gasteiger partial charge >= 0.3 is 0 Å². The molecule has 0 aliphatic heterocycles. The second-order valence-corrected chi connectivity index (χ2v) is 9.27. The number of aromatic nitrogens is 2. The molecule has 0 spiro atoms. The summed E-state index contributed by atoms with van der Waals surface area (Å²) in [4.78, 5) is 4.72. The van der Waals surface area contributed by atoms with Gasteiger partial charge in [-0.25, -0.2) is 13.4 Å². The van der Waals surface area contributed by atoms with Gasteiger partial charge in [0.15, 0.2) is 0 Å². The normalized spacial score (nSPS) is 11.7. The molecule has 3 rings (SSSR count). The summed E-state index contributed by atoms with van der Waals surface area (Å²) >= 11 is 4.92. The Morgan fingerprint density at radius 2 is 1.92 bits per heavy atom. The molecular weight excluding hydrogens is 422 g/mol. The minimum absolute atomic E-state index is 0.262. The fourth-order valence-corrected chi connectivity index (χ4v) is 4.97. The molecule has 0 saturated heterocycles. The largest absolute Gasteiger partial charge is 0.345 e. The number of rotatable bonds is 4. The molecule has 0 saturated carbocycles. The van der Waals surface area contributed by atoms with E-state index < -0.39 is 10.0 Å². The Bertz CT molecular complexity index is 1050. The van der Waals surface area contributed by atoms with Crippen molar-refractivity contribution in [3.8, 4) is 10.7 Å². The number of halogens is 1. The lowest BCUT2D eigenvalue weighted by molar-refractivity contribution is 0.600. The van der Waals surface area contributed by atoms with E-state index in [0.29, 0.717) is 11.4 Å². The first-order valence-corrected chi connectivity index (χ1v) is 10.7. The van der Waals surface area contributed by atoms with E-state index in [2.05, 4.69) is 25.6 Å². The summed E-state index contributed by atoms with van der Waals surface area (Å²) in [6.07, 6.45) is 0. The second kappa shape index (κ2) is 6.59. The number of benzene rings is 1. The molecule has 2 aromatic heterocycles. The van der Waals surface area contributed by atoms with Crippen LogP contribution in [0.2, 0.25) is 0 Å². The van der Waals surface area contributed by atoms with Crippen LogP contribution in [0.4, 0.5) is 5.69 Å². The summed E-state index contributed by atoms with van der Waals surface area (Å²) in [6.45, 7) is 5.63. The third-order valence-corrected chi connectivity index (χ3v) is 7.40. The van der Waals surface area contributed by atoms with Gasteiger partial charge in [-0.3, -0.25) is 4.72 Å². The highest BCUT2D eigenvalue weighted by molar-refractivity contribution is 9.10. The van der Waals surface area contributed by atoms with Gasteiger partial charge < -0.3 is 4.57 Å². The highest BCUT2D eigenvalue weighted by atomic mass is 79.9. The first kappa shape index (κ1) is 18.2. The van der Waals surface area contributed by atoms with Gasteiger partial charge in [0.25, 0.3) is 10.0 Å². The average Bonchev–Trinajstić information content (AvgIpc) is 3.08. The Morgan fingerprint density at radius 3 is 2.52 bits per heavy atom. The van der Waals surface area contributed by atoms with Crippen LogP contribution in [-0.2, 0) is 17.1 Å². The number of nitrogens with zero attached hydrogens (tertiary/aromatic N) is 2. The van der Waals surface area contributed by atoms with E-state index in [9.17, 15) is 8.42 Å². The third kappa shape index (κ3) is 3.51. The van der Waals surface area contributed by atoms with E-state index in [1.807, 2.05) is 36.9 Å². The molecule has 1 aromatic carbocycles. The second-order valence-electron chi connectivity index (χ2n) is 5.90. The van der Waals surface area contributed by atoms with Crippen molar-refractivity contribution in [1.82, 2.24) is 9.55 Å². The molecule has 0 fully saturated rings. The summed E-state index contributed by atoms with van der Waals surface area (Å²) in [5.74, 6) is 0. The number of hydrogen-bond acceptors (Lipinski definition) is 4. The zero-order chi connectivity index (χ0) is 18.4. The molecule has 5 nitrogen and oxygen atoms in total. The Balaban J connectivity index is 2.01. The van der Waals surface area contributed by atoms with E-state index in [1.54, 1.807) is 25.1 Å². The zero-order valence-electron chi connectivity index (χ0n) is 14.3. The minimum Gasteiger partial charge on any atom is -0.345 e. The predicted octanol–water partition coefficient (Wildman–Crippen LogP) is 4.64. The van der Waals surface area contributed by atoms with Crippen LogP contribution < -0.4 is 4.72 Å². The molecule has 0 aliphatic carbocycles. The lowest BCUT2D eigenvalue weighted by Crippen LogP contribution is -2.14. The molecule has 25 heavy (non-hydrogen) atoms. The van der Waals surface area contributed by atoms with Crippen molar-refractivity contribution >= 4 is 43.0 Å². The van der Waals surface area contributed by atoms with Crippen LogP contribution >= 0.6 is 27.3 Å². The number of hydrogen-bond donors (Lipinski definition) is 1. The van der Waals surface area contributed by atoms with Crippen molar-refractivity contribution in [1.29, 1.82) is 0 Å². The highest BCUT2D eigenvalue weighted by Crippen LogP contribution is 2.31. The molecule has 0 aliphatic rings. The average molecular weight is 440 g/mol. The lowest BCUT2D eigenvalue weighted by Gasteiger charge is -2.09. The molecule has 0 bridgehead atoms. The van der Waals surface area contributed by atoms with Crippen molar-refractivity contribution in [3.63, 3.8) is 0 Å². The summed E-state index contributed by atoms with van der Waals surface area (Å²) in [5.41, 5.74) is 3.89. The van der Waals surface area contributed by atoms with Gasteiger partial charge in [0, 0.05) is 34.0 Å². The van der Waals surface area contributed by atoms with E-state index in [4.69, 9.17) is 0 Å². The maximum absolute atomic E-state index is 12.9. The van der Waals surface area contributed by atoms with Crippen molar-refractivity contribution < 1.29 is 8.42 Å². The Labute approximate surface area is 159 Å². The first-order valence-electron chi connectivity index (χ1n) is 7.57. The lowest BCUT2D eigenvalue weighted by atomic mass is 10.2. The number of sulfonamides is 1. The topological polar surface area (TPSA) is 64.0 Å². The van der Waals surface area contributed by atoms with Crippen LogP contribution in [-0.4, -0.2) is 18.0 Å². The quantitative estimate of drug-likeness (QED) is 0.643. The minimum atomic E-state index is -3.69. The number of anilines is 1. The molecule has 0 unspecified atom stereocenters. The van der Waals surface area contributed by atoms with Crippen LogP contribution in [0.1, 0.15) is 17.0 Å². The van der Waals surface area contributed by atoms with Crippen LogP contribution in [0.25, 0.3) is 10.7 Å². The summed E-state index contributed by atoms with van der Waals surface area (Å²) < 4.78 is 31.2. The maximum atomic E-state index is 12.9. The van der Waals surface area contributed by atoms with Crippen molar-refractivity contribution in [2.24, 2.45) is 7.05 Å². The molecule has 132 valence electrons. The molecule has 3 aromatic rings. The number of aryl methyl sites for hydroxylation is 2. The maximum Gasteiger partial charge on any atom is 0.263 e. The third-order valence-electron chi connectivity index (χ3n) is 4.03. The molecule has 0 atom stereocenters. The standard InChI is InChI=1S/C17H18BrN3O2S2/c1-10-7-13(5-6-14(10)18)20-25(22,23)16-8-15(21(4)12(16)3)17-19-11(2)9-24-17/h5-9,20H,1-4H3. The SMILES string of the molecule is Cc1csc(-c2cc(S(=O)(=O)Nc3ccc(Br)c(C)c3)c(C)n2C)n1. The fourth-order valence-electron chi connectivity index (χ4n) is 2.54. The van der Waals surface area contributed by atoms with Crippen LogP contribution in [0.3, 0.4) is 0 Å². The van der Waals surface area contributed by atoms with Crippen molar-refractivity contribution in [2.75, 3.05) is 4.72 Å². The molecule has 8 heteroatoms. The summed E-state index contributed by atoms with van der Waals surface area (Å²) in [6, 6.07) is 7.04. The predicted molar refractivity (Wildman–Crippen MR) is 106 cm³/mol. The van der Waals surface area contributed by atoms with E-state index >= 15 is 0 Å². The van der Waals surface area contributed by atoms with Crippen LogP contribution in [0, 0.1) is 20.8 Å². The Morgan fingerprint density at radius 1 is 1.20 bits per heavy atom. The van der Waals surface area contributed by atoms with Gasteiger partial charge in [0.1, 0.15) is 9.90 Å². The molecule has 2 heterocycles. The van der Waals surface area contributed by atoms with Gasteiger partial charge in [0.2, 0.25) is 0 Å². The van der Waals surface area contributed by atoms with E-state index in [0.717, 1.165) is 26.4 Å². The monoisotopic (exact) mass is 439 g/mol. The van der Waals surface area contributed by atoms with Gasteiger partial charge in [-0.2, -0.15) is 0 Å². The Kier molecular flexibility index (Phi) is 4.78. The molecule has 0 amide bonds. The van der Waals surface area contributed by atoms with Crippen molar-refractivity contribution in [2.45, 2.75) is 25.7 Å². The molecule has 1 N–H and O–H groups in total. The highest BCUT2D eigenvalue weighted by Gasteiger charge is 2.23. The summed E-state index contributed by atoms with van der Waals surface area (Å²) in [5, 5.41) is 2.76. The van der Waals surface area contributed by atoms with E-state index in [1.165, 1.54) is 11.3 Å². The van der Waals surface area contributed by atoms with Crippen LogP contribution in [0.5, 0.6) is 0 Å². The fraction of sp³-hybridized carbons (Fsp3) is 0.235. The van der Waals surface area contributed by atoms with Gasteiger partial charge in [-0.05, 0) is 50.6 Å². The van der Waals surface area contributed by atoms with Gasteiger partial charge in [0.05, 0.1) is 5.69 Å². The Hall–Kier alpha value is -1.64. The number of nitrogens with one attached hydrogen (secondary N) is 1. The molecule has 0 radical (unpaired) electrons. The summed E-state index contributed by atoms with van der Waals surface area (Å²) in [7, 11) is -1.83. The van der Waals surface area contributed by atoms with Gasteiger partial charge in [-0.1, -0.05) is 15.9 Å². The number of thiazole rings is 1. The zero-order valence-corrected chi connectivity index (χ0v) is 17.5. The van der Waals surface area contributed by atoms with Gasteiger partial charge in [-0.15, -0.1) is 11.3 Å². The van der Waals surface area contributed by atoms with Crippen LogP contribution in [0.15, 0.2) is 39.0 Å². The first-order chi connectivity index (χ1) is 11.7. The molecular formula is C17H18BrN3O2S2. The van der Waals surface area contributed by atoms with E-state index in [-0.39, 0.29) is 4.90 Å². The van der Waals surface area contributed by atoms with Crippen molar-refractivity contribution in [3.05, 3.63) is 51.1 Å². The smallest absolute Gasteiger partial charge is 0.263 e.